The van der Waals surface area contributed by atoms with Crippen molar-refractivity contribution in [3.05, 3.63) is 29.1 Å². The average molecular weight is 266 g/mol. The number of nitrogens with two attached hydrogens (primary N) is 1. The Balaban J connectivity index is 2.42. The van der Waals surface area contributed by atoms with Gasteiger partial charge in [-0.3, -0.25) is 0 Å². The van der Waals surface area contributed by atoms with Crippen LogP contribution in [-0.2, 0) is 0 Å². The van der Waals surface area contributed by atoms with E-state index in [1.54, 1.807) is 6.92 Å². The molecule has 1 aliphatic heterocycles. The molecule has 0 saturated carbocycles. The molecule has 0 spiro atoms. The van der Waals surface area contributed by atoms with Crippen molar-refractivity contribution in [2.45, 2.75) is 18.9 Å². The first kappa shape index (κ1) is 13.1. The zero-order valence-electron chi connectivity index (χ0n) is 9.54. The van der Waals surface area contributed by atoms with Crippen LogP contribution in [0.15, 0.2) is 0 Å². The summed E-state index contributed by atoms with van der Waals surface area (Å²) in [5.41, 5.74) is 4.25. The van der Waals surface area contributed by atoms with Gasteiger partial charge < -0.3 is 10.6 Å². The molecule has 2 nitrogen and oxygen atoms in total. The molecule has 2 rings (SSSR count). The predicted molar refractivity (Wildman–Crippen MR) is 55.7 cm³/mol. The molecule has 1 aromatic carbocycles. The molecule has 0 atom stereocenters. The minimum Gasteiger partial charge on any atom is -0.363 e. The van der Waals surface area contributed by atoms with Gasteiger partial charge in [-0.2, -0.15) is 0 Å². The van der Waals surface area contributed by atoms with Crippen LogP contribution >= 0.6 is 0 Å². The van der Waals surface area contributed by atoms with E-state index in [1.807, 2.05) is 0 Å². The third-order valence-corrected chi connectivity index (χ3v) is 3.22. The van der Waals surface area contributed by atoms with Crippen molar-refractivity contribution in [3.63, 3.8) is 0 Å². The molecular weight excluding hydrogens is 255 g/mol. The van der Waals surface area contributed by atoms with E-state index in [2.05, 4.69) is 0 Å². The Labute approximate surface area is 100 Å². The molecule has 0 aromatic heterocycles. The SMILES string of the molecule is CCC1(N)CN(c2c(F)c(F)c(F)c(F)c2F)C1. The van der Waals surface area contributed by atoms with Crippen LogP contribution in [0.1, 0.15) is 13.3 Å². The van der Waals surface area contributed by atoms with Crippen LogP contribution in [0, 0.1) is 29.1 Å². The standard InChI is InChI=1S/C11H11F5N2/c1-2-11(17)3-18(4-11)10-8(15)6(13)5(12)7(14)9(10)16/h2-4,17H2,1H3. The monoisotopic (exact) mass is 266 g/mol. The first-order valence-corrected chi connectivity index (χ1v) is 5.36. The number of hydrogen-bond acceptors (Lipinski definition) is 2. The number of hydrogen-bond donors (Lipinski definition) is 1. The summed E-state index contributed by atoms with van der Waals surface area (Å²) in [6.45, 7) is 1.90. The summed E-state index contributed by atoms with van der Waals surface area (Å²) in [7, 11) is 0. The highest BCUT2D eigenvalue weighted by atomic mass is 19.2. The zero-order chi connectivity index (χ0) is 13.7. The van der Waals surface area contributed by atoms with Gasteiger partial charge in [-0.15, -0.1) is 0 Å². The van der Waals surface area contributed by atoms with E-state index in [0.29, 0.717) is 6.42 Å². The highest BCUT2D eigenvalue weighted by Crippen LogP contribution is 2.35. The van der Waals surface area contributed by atoms with Gasteiger partial charge in [0, 0.05) is 13.1 Å². The van der Waals surface area contributed by atoms with Gasteiger partial charge in [0.05, 0.1) is 5.54 Å². The van der Waals surface area contributed by atoms with E-state index >= 15 is 0 Å². The zero-order valence-corrected chi connectivity index (χ0v) is 9.54. The van der Waals surface area contributed by atoms with Gasteiger partial charge in [0.2, 0.25) is 5.82 Å². The minimum atomic E-state index is -2.15. The third kappa shape index (κ3) is 1.73. The number of anilines is 1. The molecule has 7 heteroatoms. The van der Waals surface area contributed by atoms with Gasteiger partial charge in [-0.25, -0.2) is 22.0 Å². The van der Waals surface area contributed by atoms with Crippen LogP contribution in [0.25, 0.3) is 0 Å². The summed E-state index contributed by atoms with van der Waals surface area (Å²) in [4.78, 5) is 1.06. The lowest BCUT2D eigenvalue weighted by Crippen LogP contribution is -2.67. The summed E-state index contributed by atoms with van der Waals surface area (Å²) in [5.74, 6) is -9.65. The molecule has 1 saturated heterocycles. The number of rotatable bonds is 2. The van der Waals surface area contributed by atoms with E-state index in [0.717, 1.165) is 4.90 Å². The molecule has 18 heavy (non-hydrogen) atoms. The fraction of sp³-hybridized carbons (Fsp3) is 0.455. The van der Waals surface area contributed by atoms with Crippen molar-refractivity contribution < 1.29 is 22.0 Å². The van der Waals surface area contributed by atoms with Crippen molar-refractivity contribution in [2.75, 3.05) is 18.0 Å². The summed E-state index contributed by atoms with van der Waals surface area (Å²) < 4.78 is 65.6. The lowest BCUT2D eigenvalue weighted by molar-refractivity contribution is 0.308. The van der Waals surface area contributed by atoms with Crippen molar-refractivity contribution in [2.24, 2.45) is 5.73 Å². The summed E-state index contributed by atoms with van der Waals surface area (Å²) >= 11 is 0. The molecule has 1 heterocycles. The minimum absolute atomic E-state index is 0.0574. The van der Waals surface area contributed by atoms with Gasteiger partial charge in [0.1, 0.15) is 5.69 Å². The van der Waals surface area contributed by atoms with E-state index in [4.69, 9.17) is 5.73 Å². The second kappa shape index (κ2) is 4.08. The van der Waals surface area contributed by atoms with E-state index in [1.165, 1.54) is 0 Å². The van der Waals surface area contributed by atoms with Crippen LogP contribution in [0.4, 0.5) is 27.6 Å². The molecule has 1 fully saturated rings. The van der Waals surface area contributed by atoms with Crippen LogP contribution in [0.2, 0.25) is 0 Å². The molecule has 0 amide bonds. The van der Waals surface area contributed by atoms with Gasteiger partial charge >= 0.3 is 0 Å². The Hall–Kier alpha value is -1.37. The largest absolute Gasteiger partial charge is 0.363 e. The maximum Gasteiger partial charge on any atom is 0.200 e. The second-order valence-corrected chi connectivity index (χ2v) is 4.49. The highest BCUT2D eigenvalue weighted by Gasteiger charge is 2.42. The Bertz CT molecular complexity index is 468. The van der Waals surface area contributed by atoms with E-state index in [9.17, 15) is 22.0 Å². The molecule has 0 aliphatic carbocycles. The molecule has 2 N–H and O–H groups in total. The highest BCUT2D eigenvalue weighted by molar-refractivity contribution is 5.54. The predicted octanol–water partition coefficient (Wildman–Crippen LogP) is 2.31. The molecule has 0 unspecified atom stereocenters. The lowest BCUT2D eigenvalue weighted by atomic mass is 9.87. The first-order chi connectivity index (χ1) is 8.30. The van der Waals surface area contributed by atoms with Crippen LogP contribution in [0.3, 0.4) is 0 Å². The summed E-state index contributed by atoms with van der Waals surface area (Å²) in [5, 5.41) is 0. The quantitative estimate of drug-likeness (QED) is 0.505. The van der Waals surface area contributed by atoms with Crippen molar-refractivity contribution >= 4 is 5.69 Å². The van der Waals surface area contributed by atoms with Gasteiger partial charge in [-0.05, 0) is 6.42 Å². The molecule has 0 bridgehead atoms. The van der Waals surface area contributed by atoms with E-state index in [-0.39, 0.29) is 13.1 Å². The second-order valence-electron chi connectivity index (χ2n) is 4.49. The molecule has 1 aliphatic rings. The lowest BCUT2D eigenvalue weighted by Gasteiger charge is -2.48. The molecular formula is C11H11F5N2. The smallest absolute Gasteiger partial charge is 0.200 e. The Morgan fingerprint density at radius 3 is 1.72 bits per heavy atom. The van der Waals surface area contributed by atoms with Crippen LogP contribution < -0.4 is 10.6 Å². The van der Waals surface area contributed by atoms with Crippen LogP contribution in [-0.4, -0.2) is 18.6 Å². The van der Waals surface area contributed by atoms with Gasteiger partial charge in [-0.1, -0.05) is 6.92 Å². The number of nitrogens with zero attached hydrogens (tertiary/aromatic N) is 1. The molecule has 1 aromatic rings. The number of halogens is 5. The maximum absolute atomic E-state index is 13.4. The van der Waals surface area contributed by atoms with Gasteiger partial charge in [0.25, 0.3) is 0 Å². The summed E-state index contributed by atoms with van der Waals surface area (Å²) in [6.07, 6.45) is 0.554. The van der Waals surface area contributed by atoms with Gasteiger partial charge in [0.15, 0.2) is 23.3 Å². The maximum atomic E-state index is 13.4. The average Bonchev–Trinajstić information content (AvgIpc) is 2.31. The van der Waals surface area contributed by atoms with Crippen LogP contribution in [0.5, 0.6) is 0 Å². The third-order valence-electron chi connectivity index (χ3n) is 3.22. The molecule has 100 valence electrons. The fourth-order valence-corrected chi connectivity index (χ4v) is 1.97. The number of benzene rings is 1. The van der Waals surface area contributed by atoms with Crippen molar-refractivity contribution in [1.29, 1.82) is 0 Å². The molecule has 0 radical (unpaired) electrons. The normalized spacial score (nSPS) is 17.8. The fourth-order valence-electron chi connectivity index (χ4n) is 1.97. The Morgan fingerprint density at radius 2 is 1.33 bits per heavy atom. The Morgan fingerprint density at radius 1 is 0.944 bits per heavy atom. The van der Waals surface area contributed by atoms with Crippen molar-refractivity contribution in [1.82, 2.24) is 0 Å². The topological polar surface area (TPSA) is 29.3 Å². The first-order valence-electron chi connectivity index (χ1n) is 5.36. The van der Waals surface area contributed by atoms with Crippen molar-refractivity contribution in [3.8, 4) is 0 Å². The Kier molecular flexibility index (Phi) is 2.96. The van der Waals surface area contributed by atoms with E-state index < -0.39 is 40.3 Å². The summed E-state index contributed by atoms with van der Waals surface area (Å²) in [6, 6.07) is 0.